The molecule has 0 saturated heterocycles. The summed E-state index contributed by atoms with van der Waals surface area (Å²) in [5.74, 6) is 0.815. The molecule has 0 aromatic heterocycles. The zero-order valence-electron chi connectivity index (χ0n) is 12.0. The van der Waals surface area contributed by atoms with E-state index in [4.69, 9.17) is 22.1 Å². The van der Waals surface area contributed by atoms with Crippen molar-refractivity contribution in [2.24, 2.45) is 5.73 Å². The normalized spacial score (nSPS) is 11.8. The number of halogens is 2. The molecule has 0 aliphatic heterocycles. The van der Waals surface area contributed by atoms with Gasteiger partial charge in [0, 0.05) is 6.04 Å². The number of benzene rings is 1. The van der Waals surface area contributed by atoms with Crippen LogP contribution in [0.2, 0.25) is 5.02 Å². The van der Waals surface area contributed by atoms with Crippen LogP contribution in [0, 0.1) is 0 Å². The van der Waals surface area contributed by atoms with Crippen LogP contribution in [0.5, 0.6) is 5.75 Å². The Morgan fingerprint density at radius 1 is 1.26 bits per heavy atom. The van der Waals surface area contributed by atoms with Gasteiger partial charge in [-0.25, -0.2) is 0 Å². The first-order valence-electron chi connectivity index (χ1n) is 6.78. The lowest BCUT2D eigenvalue weighted by atomic mass is 10.0. The van der Waals surface area contributed by atoms with Crippen LogP contribution in [0.1, 0.15) is 44.7 Å². The van der Waals surface area contributed by atoms with Crippen LogP contribution < -0.4 is 10.5 Å². The van der Waals surface area contributed by atoms with Crippen LogP contribution in [0.4, 0.5) is 0 Å². The van der Waals surface area contributed by atoms with E-state index in [1.807, 2.05) is 13.0 Å². The van der Waals surface area contributed by atoms with E-state index < -0.39 is 0 Å². The van der Waals surface area contributed by atoms with Crippen molar-refractivity contribution in [1.82, 2.24) is 0 Å². The Hall–Kier alpha value is -0.440. The highest BCUT2D eigenvalue weighted by Crippen LogP contribution is 2.32. The number of hydrogen-bond acceptors (Lipinski definition) is 2. The lowest BCUT2D eigenvalue weighted by Gasteiger charge is -2.16. The number of hydrogen-bond donors (Lipinski definition) is 1. The molecule has 0 aliphatic rings. The minimum absolute atomic E-state index is 0. The van der Waals surface area contributed by atoms with Crippen molar-refractivity contribution < 1.29 is 4.74 Å². The highest BCUT2D eigenvalue weighted by Gasteiger charge is 2.12. The highest BCUT2D eigenvalue weighted by atomic mass is 35.5. The minimum atomic E-state index is 0. The van der Waals surface area contributed by atoms with Gasteiger partial charge in [-0.2, -0.15) is 0 Å². The van der Waals surface area contributed by atoms with Crippen molar-refractivity contribution in [1.29, 1.82) is 0 Å². The van der Waals surface area contributed by atoms with E-state index >= 15 is 0 Å². The second kappa shape index (κ2) is 9.46. The lowest BCUT2D eigenvalue weighted by molar-refractivity contribution is 0.313. The molecule has 1 aromatic carbocycles. The topological polar surface area (TPSA) is 35.2 Å². The quantitative estimate of drug-likeness (QED) is 0.810. The van der Waals surface area contributed by atoms with E-state index in [1.165, 1.54) is 5.56 Å². The summed E-state index contributed by atoms with van der Waals surface area (Å²) in [5, 5.41) is 0.713. The second-order valence-electron chi connectivity index (χ2n) is 4.85. The first-order valence-corrected chi connectivity index (χ1v) is 7.15. The van der Waals surface area contributed by atoms with Gasteiger partial charge in [-0.3, -0.25) is 0 Å². The van der Waals surface area contributed by atoms with Gasteiger partial charge in [-0.1, -0.05) is 37.9 Å². The van der Waals surface area contributed by atoms with Crippen molar-refractivity contribution in [3.8, 4) is 5.75 Å². The number of rotatable bonds is 7. The highest BCUT2D eigenvalue weighted by molar-refractivity contribution is 6.32. The maximum absolute atomic E-state index is 6.32. The van der Waals surface area contributed by atoms with Gasteiger partial charge in [0.1, 0.15) is 5.75 Å². The van der Waals surface area contributed by atoms with E-state index in [0.717, 1.165) is 37.0 Å². The first kappa shape index (κ1) is 18.6. The molecular weight excluding hydrogens is 281 g/mol. The Labute approximate surface area is 128 Å². The van der Waals surface area contributed by atoms with E-state index in [-0.39, 0.29) is 18.4 Å². The Bertz CT molecular complexity index is 381. The van der Waals surface area contributed by atoms with Crippen molar-refractivity contribution in [3.63, 3.8) is 0 Å². The zero-order chi connectivity index (χ0) is 13.5. The fourth-order valence-electron chi connectivity index (χ4n) is 2.01. The molecule has 1 aromatic rings. The molecule has 0 radical (unpaired) electrons. The van der Waals surface area contributed by atoms with Gasteiger partial charge in [-0.15, -0.1) is 12.4 Å². The van der Waals surface area contributed by atoms with E-state index in [2.05, 4.69) is 19.9 Å². The summed E-state index contributed by atoms with van der Waals surface area (Å²) in [6.45, 7) is 6.95. The standard InChI is InChI=1S/C15H24ClNO.ClH/c1-4-6-12-9-13(8-11(3)17)15(14(16)10-12)18-7-5-2;/h9-11H,4-8,17H2,1-3H3;1H. The van der Waals surface area contributed by atoms with Gasteiger partial charge in [-0.05, 0) is 43.4 Å². The van der Waals surface area contributed by atoms with Crippen LogP contribution in [0.25, 0.3) is 0 Å². The van der Waals surface area contributed by atoms with Crippen LogP contribution in [-0.2, 0) is 12.8 Å². The molecular formula is C15H25Cl2NO. The van der Waals surface area contributed by atoms with Crippen molar-refractivity contribution in [3.05, 3.63) is 28.3 Å². The number of ether oxygens (including phenoxy) is 1. The molecule has 0 fully saturated rings. The molecule has 110 valence electrons. The third-order valence-electron chi connectivity index (χ3n) is 2.71. The molecule has 1 unspecified atom stereocenters. The summed E-state index contributed by atoms with van der Waals surface area (Å²) >= 11 is 6.32. The fourth-order valence-corrected chi connectivity index (χ4v) is 2.33. The average molecular weight is 306 g/mol. The zero-order valence-corrected chi connectivity index (χ0v) is 13.6. The van der Waals surface area contributed by atoms with Gasteiger partial charge in [0.25, 0.3) is 0 Å². The average Bonchev–Trinajstić information content (AvgIpc) is 2.27. The predicted octanol–water partition coefficient (Wildman–Crippen LogP) is 4.39. The molecule has 2 nitrogen and oxygen atoms in total. The van der Waals surface area contributed by atoms with E-state index in [9.17, 15) is 0 Å². The van der Waals surface area contributed by atoms with Crippen LogP contribution in [0.3, 0.4) is 0 Å². The minimum Gasteiger partial charge on any atom is -0.492 e. The second-order valence-corrected chi connectivity index (χ2v) is 5.25. The molecule has 0 amide bonds. The Morgan fingerprint density at radius 2 is 1.95 bits per heavy atom. The summed E-state index contributed by atoms with van der Waals surface area (Å²) in [7, 11) is 0. The van der Waals surface area contributed by atoms with Crippen LogP contribution >= 0.6 is 24.0 Å². The largest absolute Gasteiger partial charge is 0.492 e. The van der Waals surface area contributed by atoms with Gasteiger partial charge in [0.2, 0.25) is 0 Å². The summed E-state index contributed by atoms with van der Waals surface area (Å²) in [6.07, 6.45) is 3.93. The number of aryl methyl sites for hydroxylation is 1. The third-order valence-corrected chi connectivity index (χ3v) is 2.99. The molecule has 19 heavy (non-hydrogen) atoms. The van der Waals surface area contributed by atoms with Crippen LogP contribution in [-0.4, -0.2) is 12.6 Å². The van der Waals surface area contributed by atoms with Crippen molar-refractivity contribution in [2.45, 2.75) is 52.5 Å². The SMILES string of the molecule is CCCOc1c(Cl)cc(CCC)cc1CC(C)N.Cl. The maximum Gasteiger partial charge on any atom is 0.141 e. The van der Waals surface area contributed by atoms with E-state index in [1.54, 1.807) is 0 Å². The molecule has 0 spiro atoms. The smallest absolute Gasteiger partial charge is 0.141 e. The maximum atomic E-state index is 6.32. The van der Waals surface area contributed by atoms with Crippen molar-refractivity contribution in [2.75, 3.05) is 6.61 Å². The molecule has 2 N–H and O–H groups in total. The monoisotopic (exact) mass is 305 g/mol. The lowest BCUT2D eigenvalue weighted by Crippen LogP contribution is -2.18. The Morgan fingerprint density at radius 3 is 2.47 bits per heavy atom. The Balaban J connectivity index is 0.00000324. The van der Waals surface area contributed by atoms with Crippen molar-refractivity contribution >= 4 is 24.0 Å². The molecule has 0 bridgehead atoms. The number of nitrogens with two attached hydrogens (primary N) is 1. The summed E-state index contributed by atoms with van der Waals surface area (Å²) in [5.41, 5.74) is 8.30. The van der Waals surface area contributed by atoms with Crippen LogP contribution in [0.15, 0.2) is 12.1 Å². The van der Waals surface area contributed by atoms with Gasteiger partial charge < -0.3 is 10.5 Å². The molecule has 0 saturated carbocycles. The van der Waals surface area contributed by atoms with Gasteiger partial charge in [0.15, 0.2) is 0 Å². The van der Waals surface area contributed by atoms with E-state index in [0.29, 0.717) is 11.6 Å². The molecule has 1 atom stereocenters. The molecule has 0 aliphatic carbocycles. The molecule has 4 heteroatoms. The summed E-state index contributed by atoms with van der Waals surface area (Å²) in [4.78, 5) is 0. The van der Waals surface area contributed by atoms with Gasteiger partial charge in [0.05, 0.1) is 11.6 Å². The third kappa shape index (κ3) is 6.03. The molecule has 0 heterocycles. The first-order chi connectivity index (χ1) is 8.58. The predicted molar refractivity (Wildman–Crippen MR) is 85.8 cm³/mol. The summed E-state index contributed by atoms with van der Waals surface area (Å²) in [6, 6.07) is 4.31. The summed E-state index contributed by atoms with van der Waals surface area (Å²) < 4.78 is 5.76. The Kier molecular flexibility index (Phi) is 9.24. The molecule has 1 rings (SSSR count). The van der Waals surface area contributed by atoms with Gasteiger partial charge >= 0.3 is 0 Å². The fraction of sp³-hybridized carbons (Fsp3) is 0.600.